The van der Waals surface area contributed by atoms with Crippen LogP contribution in [-0.2, 0) is 22.6 Å². The zero-order chi connectivity index (χ0) is 19.1. The van der Waals surface area contributed by atoms with Gasteiger partial charge in [0.15, 0.2) is 17.5 Å². The van der Waals surface area contributed by atoms with Crippen LogP contribution in [0.15, 0.2) is 49.5 Å². The van der Waals surface area contributed by atoms with Crippen LogP contribution in [0.25, 0.3) is 0 Å². The van der Waals surface area contributed by atoms with Crippen molar-refractivity contribution in [3.05, 3.63) is 66.8 Å². The molecule has 0 fully saturated rings. The zero-order valence-corrected chi connectivity index (χ0v) is 14.0. The van der Waals surface area contributed by atoms with Crippen LogP contribution in [0, 0.1) is 5.82 Å². The molecule has 0 bridgehead atoms. The molecule has 0 aliphatic carbocycles. The molecule has 2 aromatic heterocycles. The first-order valence-corrected chi connectivity index (χ1v) is 7.54. The lowest BCUT2D eigenvalue weighted by Gasteiger charge is -2.12. The third kappa shape index (κ3) is 4.97. The second-order valence-corrected chi connectivity index (χ2v) is 4.98. The molecule has 0 atom stereocenters. The van der Waals surface area contributed by atoms with Crippen LogP contribution in [0.4, 0.5) is 4.39 Å². The molecular weight excluding hydrogens is 343 g/mol. The highest BCUT2D eigenvalue weighted by Gasteiger charge is 2.14. The highest BCUT2D eigenvalue weighted by molar-refractivity contribution is 5.93. The molecule has 0 unspecified atom stereocenters. The summed E-state index contributed by atoms with van der Waals surface area (Å²) < 4.78 is 19.6. The van der Waals surface area contributed by atoms with E-state index in [1.807, 2.05) is 6.92 Å². The molecule has 9 nitrogen and oxygen atoms in total. The van der Waals surface area contributed by atoms with Crippen molar-refractivity contribution in [2.45, 2.75) is 20.0 Å². The molecule has 2 heterocycles. The van der Waals surface area contributed by atoms with Gasteiger partial charge in [-0.15, -0.1) is 10.2 Å². The molecule has 0 saturated carbocycles. The minimum absolute atomic E-state index is 0.0369. The summed E-state index contributed by atoms with van der Waals surface area (Å²) in [6.07, 6.45) is 2.45. The number of ether oxygens (including phenoxy) is 1. The molecule has 2 rings (SSSR count). The molecule has 0 aromatic carbocycles. The minimum Gasteiger partial charge on any atom is -0.436 e. The predicted octanol–water partition coefficient (Wildman–Crippen LogP) is 0.880. The van der Waals surface area contributed by atoms with E-state index in [4.69, 9.17) is 4.74 Å². The number of hydrogen-bond acceptors (Lipinski definition) is 6. The highest BCUT2D eigenvalue weighted by atomic mass is 19.1. The Hall–Kier alpha value is -3.56. The van der Waals surface area contributed by atoms with E-state index >= 15 is 0 Å². The van der Waals surface area contributed by atoms with Gasteiger partial charge in [-0.05, 0) is 25.6 Å². The van der Waals surface area contributed by atoms with E-state index in [0.29, 0.717) is 12.4 Å². The quantitative estimate of drug-likeness (QED) is 0.534. The van der Waals surface area contributed by atoms with Crippen LogP contribution < -0.4 is 10.6 Å². The maximum Gasteiger partial charge on any atom is 0.286 e. The van der Waals surface area contributed by atoms with Crippen molar-refractivity contribution >= 4 is 11.8 Å². The number of rotatable bonds is 8. The van der Waals surface area contributed by atoms with Crippen molar-refractivity contribution in [2.75, 3.05) is 0 Å². The third-order valence-electron chi connectivity index (χ3n) is 3.16. The van der Waals surface area contributed by atoms with Crippen molar-refractivity contribution in [1.29, 1.82) is 0 Å². The van der Waals surface area contributed by atoms with E-state index in [-0.39, 0.29) is 23.9 Å². The van der Waals surface area contributed by atoms with Gasteiger partial charge in [0.05, 0.1) is 12.7 Å². The third-order valence-corrected chi connectivity index (χ3v) is 3.16. The summed E-state index contributed by atoms with van der Waals surface area (Å²) in [5.74, 6) is -1.77. The summed E-state index contributed by atoms with van der Waals surface area (Å²) in [7, 11) is 0. The van der Waals surface area contributed by atoms with Gasteiger partial charge in [-0.1, -0.05) is 6.58 Å². The van der Waals surface area contributed by atoms with E-state index in [9.17, 15) is 14.0 Å². The highest BCUT2D eigenvalue weighted by Crippen LogP contribution is 2.04. The number of amides is 2. The Morgan fingerprint density at radius 2 is 2.12 bits per heavy atom. The lowest BCUT2D eigenvalue weighted by molar-refractivity contribution is -0.120. The second-order valence-electron chi connectivity index (χ2n) is 4.98. The number of halogens is 1. The first-order chi connectivity index (χ1) is 12.4. The number of aryl methyl sites for hydroxylation is 1. The summed E-state index contributed by atoms with van der Waals surface area (Å²) >= 11 is 0. The van der Waals surface area contributed by atoms with Gasteiger partial charge in [0.1, 0.15) is 17.8 Å². The average Bonchev–Trinajstić information content (AvgIpc) is 3.07. The summed E-state index contributed by atoms with van der Waals surface area (Å²) in [6, 6.07) is 2.29. The Bertz CT molecular complexity index is 831. The smallest absolute Gasteiger partial charge is 0.286 e. The number of carbonyl (C=O) groups is 2. The standard InChI is InChI=1S/C16H17FN6O3/c1-4-23-9-20-22-14(23)8-19-15(24)10(2)26-11(3)21-16(25)13-6-5-12(17)7-18-13/h5-7,9H,2-4,8H2,1H3,(H,19,24)(H,21,25). The van der Waals surface area contributed by atoms with E-state index in [1.165, 1.54) is 6.07 Å². The van der Waals surface area contributed by atoms with Crippen LogP contribution in [0.2, 0.25) is 0 Å². The molecular formula is C16H17FN6O3. The average molecular weight is 360 g/mol. The summed E-state index contributed by atoms with van der Waals surface area (Å²) in [5.41, 5.74) is -0.0369. The Labute approximate surface area is 148 Å². The molecule has 0 spiro atoms. The molecule has 2 amide bonds. The van der Waals surface area contributed by atoms with E-state index in [2.05, 4.69) is 39.0 Å². The van der Waals surface area contributed by atoms with Gasteiger partial charge in [-0.2, -0.15) is 0 Å². The fourth-order valence-corrected chi connectivity index (χ4v) is 1.86. The zero-order valence-electron chi connectivity index (χ0n) is 14.0. The molecule has 0 radical (unpaired) electrons. The first kappa shape index (κ1) is 18.8. The van der Waals surface area contributed by atoms with E-state index in [1.54, 1.807) is 10.9 Å². The number of aromatic nitrogens is 4. The fourth-order valence-electron chi connectivity index (χ4n) is 1.86. The normalized spacial score (nSPS) is 10.1. The molecule has 0 aliphatic rings. The van der Waals surface area contributed by atoms with Crippen molar-refractivity contribution in [3.8, 4) is 0 Å². The van der Waals surface area contributed by atoms with Crippen LogP contribution >= 0.6 is 0 Å². The molecule has 136 valence electrons. The van der Waals surface area contributed by atoms with Crippen molar-refractivity contribution in [2.24, 2.45) is 0 Å². The van der Waals surface area contributed by atoms with Gasteiger partial charge >= 0.3 is 0 Å². The number of carbonyl (C=O) groups excluding carboxylic acids is 2. The van der Waals surface area contributed by atoms with E-state index in [0.717, 1.165) is 12.3 Å². The summed E-state index contributed by atoms with van der Waals surface area (Å²) in [5, 5.41) is 12.5. The summed E-state index contributed by atoms with van der Waals surface area (Å²) in [4.78, 5) is 27.5. The Morgan fingerprint density at radius 3 is 2.77 bits per heavy atom. The van der Waals surface area contributed by atoms with Crippen molar-refractivity contribution < 1.29 is 18.7 Å². The summed E-state index contributed by atoms with van der Waals surface area (Å²) in [6.45, 7) is 9.66. The van der Waals surface area contributed by atoms with Gasteiger partial charge in [0.2, 0.25) is 0 Å². The predicted molar refractivity (Wildman–Crippen MR) is 88.6 cm³/mol. The molecule has 0 saturated heterocycles. The lowest BCUT2D eigenvalue weighted by atomic mass is 10.3. The second kappa shape index (κ2) is 8.51. The monoisotopic (exact) mass is 360 g/mol. The van der Waals surface area contributed by atoms with Gasteiger partial charge in [-0.3, -0.25) is 14.9 Å². The van der Waals surface area contributed by atoms with Crippen molar-refractivity contribution in [1.82, 2.24) is 30.4 Å². The molecule has 2 N–H and O–H groups in total. The Morgan fingerprint density at radius 1 is 1.35 bits per heavy atom. The van der Waals surface area contributed by atoms with Crippen LogP contribution in [0.3, 0.4) is 0 Å². The maximum atomic E-state index is 12.8. The first-order valence-electron chi connectivity index (χ1n) is 7.54. The SMILES string of the molecule is C=C(NC(=O)c1ccc(F)cn1)OC(=C)C(=O)NCc1nncn1CC. The van der Waals surface area contributed by atoms with Crippen LogP contribution in [0.1, 0.15) is 23.2 Å². The largest absolute Gasteiger partial charge is 0.436 e. The number of nitrogens with one attached hydrogen (secondary N) is 2. The topological polar surface area (TPSA) is 111 Å². The fraction of sp³-hybridized carbons (Fsp3) is 0.188. The van der Waals surface area contributed by atoms with Gasteiger partial charge in [-0.25, -0.2) is 9.37 Å². The minimum atomic E-state index is -0.667. The van der Waals surface area contributed by atoms with Gasteiger partial charge in [0.25, 0.3) is 11.8 Å². The van der Waals surface area contributed by atoms with Gasteiger partial charge < -0.3 is 14.6 Å². The van der Waals surface area contributed by atoms with Gasteiger partial charge in [0, 0.05) is 6.54 Å². The Balaban J connectivity index is 1.82. The molecule has 10 heteroatoms. The lowest BCUT2D eigenvalue weighted by Crippen LogP contribution is -2.29. The van der Waals surface area contributed by atoms with Crippen LogP contribution in [-0.4, -0.2) is 31.6 Å². The van der Waals surface area contributed by atoms with E-state index < -0.39 is 17.6 Å². The molecule has 26 heavy (non-hydrogen) atoms. The maximum absolute atomic E-state index is 12.8. The number of nitrogens with zero attached hydrogens (tertiary/aromatic N) is 4. The molecule has 2 aromatic rings. The number of hydrogen-bond donors (Lipinski definition) is 2. The Kier molecular flexibility index (Phi) is 6.15. The van der Waals surface area contributed by atoms with Crippen molar-refractivity contribution in [3.63, 3.8) is 0 Å². The molecule has 0 aliphatic heterocycles. The van der Waals surface area contributed by atoms with Crippen LogP contribution in [0.5, 0.6) is 0 Å². The number of pyridine rings is 1.